The Hall–Kier alpha value is -1.85. The van der Waals surface area contributed by atoms with Gasteiger partial charge in [-0.05, 0) is 36.1 Å². The van der Waals surface area contributed by atoms with E-state index in [9.17, 15) is 0 Å². The Bertz CT molecular complexity index is 715. The van der Waals surface area contributed by atoms with Crippen LogP contribution in [-0.2, 0) is 0 Å². The van der Waals surface area contributed by atoms with Gasteiger partial charge in [-0.25, -0.2) is 0 Å². The second-order valence-corrected chi connectivity index (χ2v) is 5.34. The highest BCUT2D eigenvalue weighted by atomic mass is 35.5. The minimum Gasteiger partial charge on any atom is -0.399 e. The number of thiophene rings is 1. The first-order chi connectivity index (χ1) is 9.13. The van der Waals surface area contributed by atoms with Crippen LogP contribution in [0.3, 0.4) is 0 Å². The molecule has 2 aromatic heterocycles. The first-order valence-corrected chi connectivity index (χ1v) is 6.89. The molecule has 0 radical (unpaired) electrons. The van der Waals surface area contributed by atoms with E-state index in [2.05, 4.69) is 10.1 Å². The van der Waals surface area contributed by atoms with Crippen molar-refractivity contribution >= 4 is 28.6 Å². The number of hydrogen-bond acceptors (Lipinski definition) is 5. The van der Waals surface area contributed by atoms with Crippen molar-refractivity contribution in [3.8, 4) is 22.8 Å². The molecule has 0 aliphatic carbocycles. The number of aryl methyl sites for hydroxylation is 1. The fourth-order valence-corrected chi connectivity index (χ4v) is 2.85. The molecule has 3 aromatic rings. The molecule has 6 heteroatoms. The maximum Gasteiger partial charge on any atom is 0.258 e. The Balaban J connectivity index is 2.04. The summed E-state index contributed by atoms with van der Waals surface area (Å²) in [7, 11) is 0. The van der Waals surface area contributed by atoms with Crippen molar-refractivity contribution in [3.05, 3.63) is 39.5 Å². The van der Waals surface area contributed by atoms with Crippen LogP contribution < -0.4 is 5.73 Å². The van der Waals surface area contributed by atoms with Crippen molar-refractivity contribution in [3.63, 3.8) is 0 Å². The van der Waals surface area contributed by atoms with Crippen LogP contribution in [-0.4, -0.2) is 10.1 Å². The molecule has 0 spiro atoms. The number of hydrogen-bond donors (Lipinski definition) is 1. The third kappa shape index (κ3) is 2.34. The van der Waals surface area contributed by atoms with Gasteiger partial charge in [-0.1, -0.05) is 16.8 Å². The van der Waals surface area contributed by atoms with Gasteiger partial charge in [0.05, 0.1) is 0 Å². The summed E-state index contributed by atoms with van der Waals surface area (Å²) in [5, 5.41) is 8.58. The van der Waals surface area contributed by atoms with E-state index in [1.165, 1.54) is 0 Å². The van der Waals surface area contributed by atoms with Crippen LogP contribution >= 0.6 is 22.9 Å². The van der Waals surface area contributed by atoms with Crippen LogP contribution in [0.5, 0.6) is 0 Å². The zero-order valence-corrected chi connectivity index (χ0v) is 11.6. The molecule has 2 N–H and O–H groups in total. The first kappa shape index (κ1) is 12.2. The number of nitrogen functional groups attached to an aromatic ring is 1. The molecule has 3 rings (SSSR count). The number of rotatable bonds is 2. The first-order valence-electron chi connectivity index (χ1n) is 5.57. The lowest BCUT2D eigenvalue weighted by molar-refractivity contribution is 0.432. The van der Waals surface area contributed by atoms with Gasteiger partial charge in [0, 0.05) is 27.2 Å². The van der Waals surface area contributed by atoms with E-state index in [-0.39, 0.29) is 0 Å². The Kier molecular flexibility index (Phi) is 3.00. The SMILES string of the molecule is Cc1cscc1-c1noc(-c2cc(N)cc(Cl)c2)n1. The highest BCUT2D eigenvalue weighted by molar-refractivity contribution is 7.08. The number of anilines is 1. The summed E-state index contributed by atoms with van der Waals surface area (Å²) < 4.78 is 5.27. The summed E-state index contributed by atoms with van der Waals surface area (Å²) in [6.07, 6.45) is 0. The van der Waals surface area contributed by atoms with Crippen molar-refractivity contribution in [1.82, 2.24) is 10.1 Å². The molecule has 2 heterocycles. The van der Waals surface area contributed by atoms with Crippen molar-refractivity contribution in [2.75, 3.05) is 5.73 Å². The van der Waals surface area contributed by atoms with Gasteiger partial charge in [-0.3, -0.25) is 0 Å². The molecule has 0 fully saturated rings. The van der Waals surface area contributed by atoms with Gasteiger partial charge in [0.15, 0.2) is 0 Å². The molecule has 0 amide bonds. The van der Waals surface area contributed by atoms with Crippen LogP contribution in [0.15, 0.2) is 33.5 Å². The van der Waals surface area contributed by atoms with E-state index in [0.29, 0.717) is 22.4 Å². The van der Waals surface area contributed by atoms with Crippen LogP contribution in [0.25, 0.3) is 22.8 Å². The highest BCUT2D eigenvalue weighted by Crippen LogP contribution is 2.29. The Morgan fingerprint density at radius 2 is 2.11 bits per heavy atom. The lowest BCUT2D eigenvalue weighted by atomic mass is 10.2. The second kappa shape index (κ2) is 4.68. The van der Waals surface area contributed by atoms with Gasteiger partial charge >= 0.3 is 0 Å². The number of aromatic nitrogens is 2. The van der Waals surface area contributed by atoms with Crippen LogP contribution in [0.1, 0.15) is 5.56 Å². The summed E-state index contributed by atoms with van der Waals surface area (Å²) in [4.78, 5) is 4.38. The lowest BCUT2D eigenvalue weighted by Gasteiger charge is -1.98. The summed E-state index contributed by atoms with van der Waals surface area (Å²) in [6.45, 7) is 2.01. The molecule has 4 nitrogen and oxygen atoms in total. The Labute approximate surface area is 118 Å². The molecule has 0 aliphatic heterocycles. The number of nitrogens with zero attached hydrogens (tertiary/aromatic N) is 2. The zero-order valence-electron chi connectivity index (χ0n) is 10.1. The molecule has 0 atom stereocenters. The average Bonchev–Trinajstić information content (AvgIpc) is 2.95. The third-order valence-corrected chi connectivity index (χ3v) is 3.77. The fraction of sp³-hybridized carbons (Fsp3) is 0.0769. The van der Waals surface area contributed by atoms with Gasteiger partial charge in [-0.2, -0.15) is 16.3 Å². The largest absolute Gasteiger partial charge is 0.399 e. The predicted molar refractivity (Wildman–Crippen MR) is 77.2 cm³/mol. The topological polar surface area (TPSA) is 64.9 Å². The Morgan fingerprint density at radius 1 is 1.26 bits per heavy atom. The quantitative estimate of drug-likeness (QED) is 0.725. The van der Waals surface area contributed by atoms with Crippen LogP contribution in [0.2, 0.25) is 5.02 Å². The number of benzene rings is 1. The molecule has 0 saturated carbocycles. The number of halogens is 1. The van der Waals surface area contributed by atoms with E-state index in [1.807, 2.05) is 17.7 Å². The standard InChI is InChI=1S/C13H10ClN3OS/c1-7-5-19-6-11(7)12-16-13(18-17-12)8-2-9(14)4-10(15)3-8/h2-6H,15H2,1H3. The maximum atomic E-state index is 5.96. The van der Waals surface area contributed by atoms with Gasteiger partial charge in [0.1, 0.15) is 0 Å². The third-order valence-electron chi connectivity index (χ3n) is 2.69. The van der Waals surface area contributed by atoms with E-state index in [4.69, 9.17) is 21.9 Å². The highest BCUT2D eigenvalue weighted by Gasteiger charge is 2.13. The Morgan fingerprint density at radius 3 is 2.79 bits per heavy atom. The van der Waals surface area contributed by atoms with Gasteiger partial charge in [0.2, 0.25) is 5.82 Å². The molecule has 0 unspecified atom stereocenters. The molecule has 0 bridgehead atoms. The summed E-state index contributed by atoms with van der Waals surface area (Å²) in [5.41, 5.74) is 9.14. The lowest BCUT2D eigenvalue weighted by Crippen LogP contribution is -1.86. The van der Waals surface area contributed by atoms with Crippen LogP contribution in [0, 0.1) is 6.92 Å². The monoisotopic (exact) mass is 291 g/mol. The van der Waals surface area contributed by atoms with Gasteiger partial charge in [0.25, 0.3) is 5.89 Å². The summed E-state index contributed by atoms with van der Waals surface area (Å²) in [6, 6.07) is 5.17. The van der Waals surface area contributed by atoms with Gasteiger partial charge < -0.3 is 10.3 Å². The van der Waals surface area contributed by atoms with E-state index in [1.54, 1.807) is 29.5 Å². The number of nitrogens with two attached hydrogens (primary N) is 1. The van der Waals surface area contributed by atoms with E-state index in [0.717, 1.165) is 16.7 Å². The zero-order chi connectivity index (χ0) is 13.4. The fourth-order valence-electron chi connectivity index (χ4n) is 1.78. The minimum absolute atomic E-state index is 0.412. The van der Waals surface area contributed by atoms with Gasteiger partial charge in [-0.15, -0.1) is 0 Å². The molecule has 96 valence electrons. The molecule has 19 heavy (non-hydrogen) atoms. The minimum atomic E-state index is 0.412. The van der Waals surface area contributed by atoms with Crippen molar-refractivity contribution < 1.29 is 4.52 Å². The average molecular weight is 292 g/mol. The van der Waals surface area contributed by atoms with Crippen LogP contribution in [0.4, 0.5) is 5.69 Å². The molecule has 0 saturated heterocycles. The summed E-state index contributed by atoms with van der Waals surface area (Å²) >= 11 is 7.57. The second-order valence-electron chi connectivity index (χ2n) is 4.16. The smallest absolute Gasteiger partial charge is 0.258 e. The molecular weight excluding hydrogens is 282 g/mol. The van der Waals surface area contributed by atoms with Crippen molar-refractivity contribution in [2.45, 2.75) is 6.92 Å². The normalized spacial score (nSPS) is 10.8. The van der Waals surface area contributed by atoms with Crippen molar-refractivity contribution in [2.24, 2.45) is 0 Å². The van der Waals surface area contributed by atoms with Crippen molar-refractivity contribution in [1.29, 1.82) is 0 Å². The molecule has 0 aliphatic rings. The molecule has 1 aromatic carbocycles. The maximum absolute atomic E-state index is 5.96. The van der Waals surface area contributed by atoms with E-state index < -0.39 is 0 Å². The predicted octanol–water partition coefficient (Wildman–Crippen LogP) is 4.01. The summed E-state index contributed by atoms with van der Waals surface area (Å²) in [5.74, 6) is 0.988. The van der Waals surface area contributed by atoms with E-state index >= 15 is 0 Å². The molecular formula is C13H10ClN3OS.